The average molecular weight is 709 g/mol. The molecule has 1 saturated heterocycles. The normalized spacial score (nSPS) is 26.8. The van der Waals surface area contributed by atoms with Crippen molar-refractivity contribution in [2.45, 2.75) is 75.3 Å². The average Bonchev–Trinajstić information content (AvgIpc) is 3.42. The van der Waals surface area contributed by atoms with Gasteiger partial charge in [-0.05, 0) is 19.4 Å². The lowest BCUT2D eigenvalue weighted by Gasteiger charge is -2.43. The van der Waals surface area contributed by atoms with Crippen molar-refractivity contribution in [3.63, 3.8) is 0 Å². The second-order valence-electron chi connectivity index (χ2n) is 12.9. The van der Waals surface area contributed by atoms with Gasteiger partial charge in [-0.15, -0.1) is 0 Å². The molecule has 2 heterocycles. The van der Waals surface area contributed by atoms with Crippen LogP contribution >= 0.6 is 0 Å². The van der Waals surface area contributed by atoms with Crippen LogP contribution in [-0.4, -0.2) is 116 Å². The molecule has 2 aromatic rings. The summed E-state index contributed by atoms with van der Waals surface area (Å²) < 4.78 is 17.3. The van der Waals surface area contributed by atoms with Crippen LogP contribution in [0.3, 0.4) is 0 Å². The molecule has 0 bridgehead atoms. The number of imide groups is 1. The minimum absolute atomic E-state index is 0.0135. The van der Waals surface area contributed by atoms with Crippen molar-refractivity contribution in [2.75, 3.05) is 20.3 Å². The predicted molar refractivity (Wildman–Crippen MR) is 171 cm³/mol. The van der Waals surface area contributed by atoms with E-state index in [1.165, 1.54) is 32.2 Å². The molecule has 0 saturated carbocycles. The number of carbonyl (C=O) groups is 6. The number of carbonyl (C=O) groups excluding carboxylic acids is 6. The van der Waals surface area contributed by atoms with E-state index in [0.717, 1.165) is 17.1 Å². The molecule has 0 unspecified atom stereocenters. The van der Waals surface area contributed by atoms with Gasteiger partial charge in [0.1, 0.15) is 35.6 Å². The van der Waals surface area contributed by atoms with Crippen LogP contribution in [0.1, 0.15) is 81.7 Å². The number of benzene rings is 2. The first-order valence-corrected chi connectivity index (χ1v) is 16.3. The Morgan fingerprint density at radius 2 is 1.73 bits per heavy atom. The summed E-state index contributed by atoms with van der Waals surface area (Å²) in [7, 11) is 1.30. The third-order valence-corrected chi connectivity index (χ3v) is 9.79. The fourth-order valence-electron chi connectivity index (χ4n) is 7.19. The Balaban J connectivity index is 1.29. The molecular weight excluding hydrogens is 672 g/mol. The maximum absolute atomic E-state index is 13.9. The summed E-state index contributed by atoms with van der Waals surface area (Å²) in [5, 5.41) is 57.9. The van der Waals surface area contributed by atoms with Gasteiger partial charge in [0.25, 0.3) is 11.8 Å². The first-order valence-electron chi connectivity index (χ1n) is 16.3. The van der Waals surface area contributed by atoms with Gasteiger partial charge in [0, 0.05) is 61.1 Å². The number of ketones is 3. The molecule has 2 aliphatic heterocycles. The molecule has 6 N–H and O–H groups in total. The molecular formula is C35H36N2O14. The number of aliphatic hydroxyl groups is 3. The molecule has 51 heavy (non-hydrogen) atoms. The number of aliphatic hydroxyl groups excluding tert-OH is 2. The number of methoxy groups -OCH3 is 1. The maximum Gasteiger partial charge on any atom is 0.253 e. The minimum Gasteiger partial charge on any atom is -0.507 e. The van der Waals surface area contributed by atoms with Crippen LogP contribution in [0.2, 0.25) is 0 Å². The summed E-state index contributed by atoms with van der Waals surface area (Å²) in [5.41, 5.74) is -4.14. The molecule has 6 atom stereocenters. The van der Waals surface area contributed by atoms with Crippen molar-refractivity contribution in [3.05, 3.63) is 63.7 Å². The summed E-state index contributed by atoms with van der Waals surface area (Å²) in [5.74, 6) is -5.61. The lowest BCUT2D eigenvalue weighted by atomic mass is 9.72. The fourth-order valence-corrected chi connectivity index (χ4v) is 7.19. The van der Waals surface area contributed by atoms with E-state index in [4.69, 9.17) is 14.2 Å². The van der Waals surface area contributed by atoms with Gasteiger partial charge in [0.05, 0.1) is 42.0 Å². The number of rotatable bonds is 10. The number of hydrogen-bond donors (Lipinski definition) is 6. The number of phenolic OH excluding ortho intramolecular Hbond substituents is 2. The summed E-state index contributed by atoms with van der Waals surface area (Å²) in [6.45, 7) is 0.431. The quantitative estimate of drug-likeness (QED) is 0.119. The van der Waals surface area contributed by atoms with Crippen LogP contribution in [0.5, 0.6) is 17.2 Å². The Kier molecular flexibility index (Phi) is 9.56. The van der Waals surface area contributed by atoms with Crippen LogP contribution < -0.4 is 10.1 Å². The molecule has 3 amide bonds. The predicted octanol–water partition coefficient (Wildman–Crippen LogP) is -0.136. The van der Waals surface area contributed by atoms with Gasteiger partial charge in [-0.25, -0.2) is 0 Å². The number of ether oxygens (including phenoxy) is 3. The molecule has 2 aliphatic carbocycles. The van der Waals surface area contributed by atoms with Crippen molar-refractivity contribution >= 4 is 35.1 Å². The van der Waals surface area contributed by atoms with E-state index in [0.29, 0.717) is 0 Å². The zero-order valence-corrected chi connectivity index (χ0v) is 27.6. The van der Waals surface area contributed by atoms with Gasteiger partial charge >= 0.3 is 0 Å². The topological polar surface area (TPSA) is 247 Å². The van der Waals surface area contributed by atoms with Crippen LogP contribution in [0.4, 0.5) is 0 Å². The summed E-state index contributed by atoms with van der Waals surface area (Å²) in [4.78, 5) is 77.8. The summed E-state index contributed by atoms with van der Waals surface area (Å²) in [6, 6.07) is 3.33. The maximum atomic E-state index is 13.9. The first kappa shape index (κ1) is 35.8. The van der Waals surface area contributed by atoms with Crippen LogP contribution in [0.15, 0.2) is 30.4 Å². The Hall–Kier alpha value is -5.00. The highest BCUT2D eigenvalue weighted by Gasteiger charge is 2.50. The molecule has 4 aliphatic rings. The molecule has 0 spiro atoms. The smallest absolute Gasteiger partial charge is 0.253 e. The van der Waals surface area contributed by atoms with Gasteiger partial charge in [0.15, 0.2) is 17.9 Å². The highest BCUT2D eigenvalue weighted by molar-refractivity contribution is 6.31. The third kappa shape index (κ3) is 6.18. The third-order valence-electron chi connectivity index (χ3n) is 9.79. The number of aromatic hydroxyl groups is 2. The first-order chi connectivity index (χ1) is 24.2. The van der Waals surface area contributed by atoms with E-state index in [1.54, 1.807) is 0 Å². The number of phenols is 2. The number of amides is 3. The Morgan fingerprint density at radius 3 is 2.39 bits per heavy atom. The molecule has 16 nitrogen and oxygen atoms in total. The molecule has 0 aromatic heterocycles. The zero-order chi connectivity index (χ0) is 36.9. The fraction of sp³-hybridized carbons (Fsp3) is 0.429. The monoisotopic (exact) mass is 708 g/mol. The van der Waals surface area contributed by atoms with Gasteiger partial charge in [0.2, 0.25) is 11.7 Å². The van der Waals surface area contributed by atoms with Crippen molar-refractivity contribution in [3.8, 4) is 17.2 Å². The summed E-state index contributed by atoms with van der Waals surface area (Å²) >= 11 is 0. The molecule has 2 aromatic carbocycles. The van der Waals surface area contributed by atoms with Crippen LogP contribution in [0.25, 0.3) is 0 Å². The molecule has 0 radical (unpaired) electrons. The van der Waals surface area contributed by atoms with E-state index in [2.05, 4.69) is 5.32 Å². The molecule has 16 heteroatoms. The number of Topliss-reactive ketones (excluding diaryl/α,β-unsaturated/α-hetero) is 1. The Bertz CT molecular complexity index is 1870. The van der Waals surface area contributed by atoms with E-state index in [-0.39, 0.29) is 53.8 Å². The van der Waals surface area contributed by atoms with Crippen molar-refractivity contribution < 1.29 is 68.5 Å². The Morgan fingerprint density at radius 1 is 1.04 bits per heavy atom. The standard InChI is InChI=1S/C35H36N2O14/c1-15-30(43)18(36-22(40)7-4-10-37-23(41)8-9-24(37)42)11-25(50-15)51-20-13-35(48,21(39)14-38)12-17-27(20)34(47)29-28(32(17)45)31(44)16-5-3-6-19(49-2)26(16)33(29)46/h3,5-6,8-9,15,18,20,25,30,38,43,45,47-48H,4,7,10-14H2,1-2H3,(H,36,40)/t15-,18-,20-,25-,30+,35-/m0/s1. The molecule has 6 rings (SSSR count). The summed E-state index contributed by atoms with van der Waals surface area (Å²) in [6.07, 6.45) is -3.97. The zero-order valence-electron chi connectivity index (χ0n) is 27.6. The number of fused-ring (bicyclic) bond motifs is 3. The number of nitrogens with zero attached hydrogens (tertiary/aromatic N) is 1. The van der Waals surface area contributed by atoms with Gasteiger partial charge in [-0.2, -0.15) is 0 Å². The van der Waals surface area contributed by atoms with E-state index < -0.39 is 113 Å². The SMILES string of the molecule is COc1cccc2c1C(=O)c1c(O)c3c(c(O)c1C2=O)C[C@@](O)(C(=O)CO)C[C@@H]3O[C@H]1C[C@H](NC(=O)CCCN2C(=O)C=CC2=O)[C@H](O)[C@H](C)O1. The van der Waals surface area contributed by atoms with E-state index in [1.807, 2.05) is 0 Å². The lowest BCUT2D eigenvalue weighted by molar-refractivity contribution is -0.249. The van der Waals surface area contributed by atoms with Crippen LogP contribution in [0, 0.1) is 0 Å². The van der Waals surface area contributed by atoms with Gasteiger partial charge in [-0.3, -0.25) is 33.7 Å². The highest BCUT2D eigenvalue weighted by atomic mass is 16.7. The van der Waals surface area contributed by atoms with Crippen LogP contribution in [-0.2, 0) is 35.1 Å². The Labute approximate surface area is 290 Å². The van der Waals surface area contributed by atoms with Crippen molar-refractivity contribution in [2.24, 2.45) is 0 Å². The number of nitrogens with one attached hydrogen (secondary N) is 1. The van der Waals surface area contributed by atoms with Crippen molar-refractivity contribution in [1.29, 1.82) is 0 Å². The van der Waals surface area contributed by atoms with E-state index >= 15 is 0 Å². The second kappa shape index (κ2) is 13.6. The molecule has 1 fully saturated rings. The van der Waals surface area contributed by atoms with E-state index in [9.17, 15) is 54.3 Å². The minimum atomic E-state index is -2.35. The molecule has 270 valence electrons. The lowest BCUT2D eigenvalue weighted by Crippen LogP contribution is -2.56. The second-order valence-corrected chi connectivity index (χ2v) is 12.9. The highest BCUT2D eigenvalue weighted by Crippen LogP contribution is 2.52. The van der Waals surface area contributed by atoms with Crippen molar-refractivity contribution in [1.82, 2.24) is 10.2 Å². The van der Waals surface area contributed by atoms with Gasteiger partial charge in [-0.1, -0.05) is 12.1 Å². The number of hydrogen-bond acceptors (Lipinski definition) is 14. The largest absolute Gasteiger partial charge is 0.507 e. The van der Waals surface area contributed by atoms with Gasteiger partial charge < -0.3 is 45.1 Å².